The number of hydrogen-bond acceptors (Lipinski definition) is 6. The summed E-state index contributed by atoms with van der Waals surface area (Å²) in [5.41, 5.74) is 0.865. The van der Waals surface area contributed by atoms with E-state index in [2.05, 4.69) is 18.7 Å². The number of nitro groups is 1. The summed E-state index contributed by atoms with van der Waals surface area (Å²) in [6.07, 6.45) is 0.975. The number of amides is 1. The minimum atomic E-state index is -1.09. The third-order valence-corrected chi connectivity index (χ3v) is 6.07. The molecule has 0 aliphatic carbocycles. The van der Waals surface area contributed by atoms with E-state index >= 15 is 0 Å². The number of carbonyl (C=O) groups excluding carboxylic acids is 1. The molecule has 1 aliphatic rings. The highest BCUT2D eigenvalue weighted by atomic mass is 16.6. The molecule has 2 aromatic rings. The molecule has 3 rings (SSSR count). The number of anilines is 1. The third kappa shape index (κ3) is 6.53. The Balaban J connectivity index is 1.92. The van der Waals surface area contributed by atoms with E-state index in [1.54, 1.807) is 35.2 Å². The Morgan fingerprint density at radius 3 is 2.36 bits per heavy atom. The molecule has 1 N–H and O–H groups in total. The molecule has 194 valence electrons. The van der Waals surface area contributed by atoms with Crippen LogP contribution in [0.1, 0.15) is 57.8 Å². The molecule has 1 fully saturated rings. The molecule has 1 heterocycles. The second-order valence-electron chi connectivity index (χ2n) is 10.6. The minimum Gasteiger partial charge on any atom is -0.478 e. The van der Waals surface area contributed by atoms with Crippen LogP contribution in [0.4, 0.5) is 16.2 Å². The molecule has 2 aromatic carbocycles. The van der Waals surface area contributed by atoms with Gasteiger partial charge in [0, 0.05) is 31.7 Å². The largest absolute Gasteiger partial charge is 0.478 e. The molecule has 0 unspecified atom stereocenters. The first-order valence-electron chi connectivity index (χ1n) is 12.2. The standard InChI is InChI=1S/C27H35N3O6/c1-18(2)17-29(20-12-14-28(15-13-20)26(33)36-27(3,4)5)23-11-10-19(16-24(23)30(34)35)21-8-6-7-9-22(21)25(31)32/h6-11,16,18,20H,12-15,17H2,1-5H3,(H,31,32). The van der Waals surface area contributed by atoms with Crippen molar-refractivity contribution < 1.29 is 24.4 Å². The second kappa shape index (κ2) is 11.0. The molecule has 0 spiro atoms. The summed E-state index contributed by atoms with van der Waals surface area (Å²) in [6, 6.07) is 11.4. The number of ether oxygens (including phenoxy) is 1. The first-order valence-corrected chi connectivity index (χ1v) is 12.2. The number of carbonyl (C=O) groups is 2. The minimum absolute atomic E-state index is 0.0157. The van der Waals surface area contributed by atoms with E-state index in [1.807, 2.05) is 20.8 Å². The number of rotatable bonds is 7. The molecule has 1 saturated heterocycles. The smallest absolute Gasteiger partial charge is 0.410 e. The average molecular weight is 498 g/mol. The molecule has 1 amide bonds. The number of piperidine rings is 1. The summed E-state index contributed by atoms with van der Waals surface area (Å²) < 4.78 is 5.50. The van der Waals surface area contributed by atoms with Gasteiger partial charge in [-0.1, -0.05) is 38.1 Å². The molecule has 0 aromatic heterocycles. The summed E-state index contributed by atoms with van der Waals surface area (Å²) in [6.45, 7) is 11.2. The first-order chi connectivity index (χ1) is 16.9. The predicted octanol–water partition coefficient (Wildman–Crippen LogP) is 5.82. The summed E-state index contributed by atoms with van der Waals surface area (Å²) in [4.78, 5) is 39.7. The molecule has 9 nitrogen and oxygen atoms in total. The highest BCUT2D eigenvalue weighted by Gasteiger charge is 2.32. The molecular weight excluding hydrogens is 462 g/mol. The Hall–Kier alpha value is -3.62. The maximum Gasteiger partial charge on any atom is 0.410 e. The van der Waals surface area contributed by atoms with E-state index < -0.39 is 16.5 Å². The van der Waals surface area contributed by atoms with Gasteiger partial charge in [0.2, 0.25) is 0 Å². The predicted molar refractivity (Wildman–Crippen MR) is 139 cm³/mol. The summed E-state index contributed by atoms with van der Waals surface area (Å²) in [5.74, 6) is -0.837. The summed E-state index contributed by atoms with van der Waals surface area (Å²) >= 11 is 0. The van der Waals surface area contributed by atoms with Crippen molar-refractivity contribution in [2.24, 2.45) is 5.92 Å². The van der Waals surface area contributed by atoms with Gasteiger partial charge in [0.1, 0.15) is 11.3 Å². The quantitative estimate of drug-likeness (QED) is 0.379. The normalized spacial score (nSPS) is 14.6. The van der Waals surface area contributed by atoms with Crippen LogP contribution in [0, 0.1) is 16.0 Å². The topological polar surface area (TPSA) is 113 Å². The van der Waals surface area contributed by atoms with Gasteiger partial charge in [0.15, 0.2) is 0 Å². The lowest BCUT2D eigenvalue weighted by Crippen LogP contribution is -2.49. The van der Waals surface area contributed by atoms with Crippen LogP contribution < -0.4 is 4.90 Å². The lowest BCUT2D eigenvalue weighted by atomic mass is 9.97. The van der Waals surface area contributed by atoms with Crippen molar-refractivity contribution in [2.45, 2.75) is 59.1 Å². The summed E-state index contributed by atoms with van der Waals surface area (Å²) in [5, 5.41) is 21.7. The molecule has 1 aliphatic heterocycles. The Kier molecular flexibility index (Phi) is 8.22. The Labute approximate surface area is 211 Å². The van der Waals surface area contributed by atoms with Crippen LogP contribution in [0.2, 0.25) is 0 Å². The van der Waals surface area contributed by atoms with E-state index in [1.165, 1.54) is 12.1 Å². The fraction of sp³-hybridized carbons (Fsp3) is 0.481. The van der Waals surface area contributed by atoms with Gasteiger partial charge in [-0.2, -0.15) is 0 Å². The Morgan fingerprint density at radius 1 is 1.17 bits per heavy atom. The molecule has 0 atom stereocenters. The van der Waals surface area contributed by atoms with Crippen LogP contribution >= 0.6 is 0 Å². The Morgan fingerprint density at radius 2 is 1.81 bits per heavy atom. The van der Waals surface area contributed by atoms with Crippen molar-refractivity contribution in [3.8, 4) is 11.1 Å². The highest BCUT2D eigenvalue weighted by molar-refractivity contribution is 5.96. The Bertz CT molecular complexity index is 1120. The molecular formula is C27H35N3O6. The zero-order valence-electron chi connectivity index (χ0n) is 21.6. The van der Waals surface area contributed by atoms with E-state index in [-0.39, 0.29) is 29.3 Å². The monoisotopic (exact) mass is 497 g/mol. The SMILES string of the molecule is CC(C)CN(c1ccc(-c2ccccc2C(=O)O)cc1[N+](=O)[O-])C1CCN(C(=O)OC(C)(C)C)CC1. The van der Waals surface area contributed by atoms with Crippen LogP contribution in [0.3, 0.4) is 0 Å². The number of benzene rings is 2. The van der Waals surface area contributed by atoms with Crippen molar-refractivity contribution >= 4 is 23.4 Å². The van der Waals surface area contributed by atoms with Crippen LogP contribution in [-0.2, 0) is 4.74 Å². The maximum absolute atomic E-state index is 12.5. The van der Waals surface area contributed by atoms with Gasteiger partial charge >= 0.3 is 12.1 Å². The van der Waals surface area contributed by atoms with Gasteiger partial charge in [-0.25, -0.2) is 9.59 Å². The van der Waals surface area contributed by atoms with Crippen molar-refractivity contribution in [3.63, 3.8) is 0 Å². The fourth-order valence-corrected chi connectivity index (χ4v) is 4.53. The van der Waals surface area contributed by atoms with Crippen molar-refractivity contribution in [3.05, 3.63) is 58.1 Å². The van der Waals surface area contributed by atoms with Crippen LogP contribution in [0.25, 0.3) is 11.1 Å². The van der Waals surface area contributed by atoms with Crippen LogP contribution in [0.15, 0.2) is 42.5 Å². The van der Waals surface area contributed by atoms with E-state index in [9.17, 15) is 24.8 Å². The lowest BCUT2D eigenvalue weighted by Gasteiger charge is -2.40. The van der Waals surface area contributed by atoms with Crippen molar-refractivity contribution in [2.75, 3.05) is 24.5 Å². The van der Waals surface area contributed by atoms with Gasteiger partial charge in [-0.3, -0.25) is 10.1 Å². The summed E-state index contributed by atoms with van der Waals surface area (Å²) in [7, 11) is 0. The molecule has 0 bridgehead atoms. The number of likely N-dealkylation sites (tertiary alicyclic amines) is 1. The fourth-order valence-electron chi connectivity index (χ4n) is 4.53. The number of carboxylic acids is 1. The van der Waals surface area contributed by atoms with Crippen LogP contribution in [0.5, 0.6) is 0 Å². The second-order valence-corrected chi connectivity index (χ2v) is 10.6. The third-order valence-electron chi connectivity index (χ3n) is 6.07. The molecule has 0 radical (unpaired) electrons. The number of nitrogens with zero attached hydrogens (tertiary/aromatic N) is 3. The van der Waals surface area contributed by atoms with Crippen molar-refractivity contribution in [1.29, 1.82) is 0 Å². The van der Waals surface area contributed by atoms with Gasteiger partial charge < -0.3 is 19.6 Å². The number of hydrogen-bond donors (Lipinski definition) is 1. The zero-order valence-corrected chi connectivity index (χ0v) is 21.6. The first kappa shape index (κ1) is 27.0. The zero-order chi connectivity index (χ0) is 26.6. The van der Waals surface area contributed by atoms with Gasteiger partial charge in [-0.05, 0) is 62.8 Å². The van der Waals surface area contributed by atoms with Gasteiger partial charge in [0.05, 0.1) is 10.5 Å². The average Bonchev–Trinajstić information content (AvgIpc) is 2.81. The van der Waals surface area contributed by atoms with Gasteiger partial charge in [0.25, 0.3) is 5.69 Å². The van der Waals surface area contributed by atoms with Crippen LogP contribution in [-0.4, -0.2) is 58.3 Å². The number of aromatic carboxylic acids is 1. The maximum atomic E-state index is 12.5. The molecule has 9 heteroatoms. The number of nitro benzene ring substituents is 1. The molecule has 36 heavy (non-hydrogen) atoms. The van der Waals surface area contributed by atoms with Crippen molar-refractivity contribution in [1.82, 2.24) is 4.90 Å². The van der Waals surface area contributed by atoms with E-state index in [0.717, 1.165) is 0 Å². The van der Waals surface area contributed by atoms with E-state index in [4.69, 9.17) is 4.74 Å². The number of carboxylic acid groups (broad SMARTS) is 1. The lowest BCUT2D eigenvalue weighted by molar-refractivity contribution is -0.384. The van der Waals surface area contributed by atoms with E-state index in [0.29, 0.717) is 49.3 Å². The van der Waals surface area contributed by atoms with Gasteiger partial charge in [-0.15, -0.1) is 0 Å². The highest BCUT2D eigenvalue weighted by Crippen LogP contribution is 2.37. The molecule has 0 saturated carbocycles.